The van der Waals surface area contributed by atoms with Gasteiger partial charge in [0.15, 0.2) is 0 Å². The van der Waals surface area contributed by atoms with Gasteiger partial charge in [-0.2, -0.15) is 0 Å². The van der Waals surface area contributed by atoms with Crippen molar-refractivity contribution in [3.63, 3.8) is 0 Å². The SMILES string of the molecule is CCN1CCC(c2ccc3c(c2)CCN3S(=O)(=O)c2ccccc2)CC1. The van der Waals surface area contributed by atoms with Crippen LogP contribution in [0.15, 0.2) is 53.4 Å². The van der Waals surface area contributed by atoms with Crippen LogP contribution in [0.25, 0.3) is 0 Å². The third-order valence-corrected chi connectivity index (χ3v) is 7.62. The minimum Gasteiger partial charge on any atom is -0.304 e. The van der Waals surface area contributed by atoms with Crippen molar-refractivity contribution in [3.05, 3.63) is 59.7 Å². The van der Waals surface area contributed by atoms with E-state index >= 15 is 0 Å². The van der Waals surface area contributed by atoms with Crippen LogP contribution in [-0.2, 0) is 16.4 Å². The first-order valence-corrected chi connectivity index (χ1v) is 11.0. The van der Waals surface area contributed by atoms with Gasteiger partial charge in [0.1, 0.15) is 0 Å². The number of piperidine rings is 1. The molecule has 5 heteroatoms. The molecule has 2 aromatic carbocycles. The van der Waals surface area contributed by atoms with E-state index in [1.807, 2.05) is 12.1 Å². The number of anilines is 1. The molecule has 0 unspecified atom stereocenters. The lowest BCUT2D eigenvalue weighted by Crippen LogP contribution is -2.32. The quantitative estimate of drug-likeness (QED) is 0.825. The predicted octanol–water partition coefficient (Wildman–Crippen LogP) is 3.64. The zero-order valence-corrected chi connectivity index (χ0v) is 16.1. The lowest BCUT2D eigenvalue weighted by atomic mass is 9.88. The van der Waals surface area contributed by atoms with Gasteiger partial charge in [-0.3, -0.25) is 4.31 Å². The maximum absolute atomic E-state index is 13.0. The largest absolute Gasteiger partial charge is 0.304 e. The van der Waals surface area contributed by atoms with Crippen LogP contribution in [0, 0.1) is 0 Å². The average molecular weight is 371 g/mol. The Bertz CT molecular complexity index is 872. The average Bonchev–Trinajstić information content (AvgIpc) is 3.13. The summed E-state index contributed by atoms with van der Waals surface area (Å²) < 4.78 is 27.5. The Labute approximate surface area is 156 Å². The fourth-order valence-electron chi connectivity index (χ4n) is 4.20. The van der Waals surface area contributed by atoms with Gasteiger partial charge in [0.05, 0.1) is 10.6 Å². The first-order valence-electron chi connectivity index (χ1n) is 9.52. The Hall–Kier alpha value is -1.85. The van der Waals surface area contributed by atoms with E-state index in [-0.39, 0.29) is 0 Å². The third kappa shape index (κ3) is 3.14. The molecule has 0 aromatic heterocycles. The van der Waals surface area contributed by atoms with Crippen molar-refractivity contribution < 1.29 is 8.42 Å². The molecule has 1 saturated heterocycles. The van der Waals surface area contributed by atoms with Gasteiger partial charge in [0, 0.05) is 6.54 Å². The molecule has 2 heterocycles. The summed E-state index contributed by atoms with van der Waals surface area (Å²) in [5.74, 6) is 0.600. The van der Waals surface area contributed by atoms with Crippen LogP contribution in [0.3, 0.4) is 0 Å². The normalized spacial score (nSPS) is 18.9. The van der Waals surface area contributed by atoms with Crippen molar-refractivity contribution in [3.8, 4) is 0 Å². The van der Waals surface area contributed by atoms with Crippen molar-refractivity contribution in [1.82, 2.24) is 4.90 Å². The highest BCUT2D eigenvalue weighted by Gasteiger charge is 2.31. The first kappa shape index (κ1) is 17.6. The van der Waals surface area contributed by atoms with E-state index in [0.29, 0.717) is 17.4 Å². The maximum atomic E-state index is 13.0. The van der Waals surface area contributed by atoms with E-state index in [9.17, 15) is 8.42 Å². The van der Waals surface area contributed by atoms with Crippen LogP contribution in [0.2, 0.25) is 0 Å². The second kappa shape index (κ2) is 7.05. The molecule has 0 N–H and O–H groups in total. The summed E-state index contributed by atoms with van der Waals surface area (Å²) in [7, 11) is -3.47. The third-order valence-electron chi connectivity index (χ3n) is 5.79. The Kier molecular flexibility index (Phi) is 4.76. The number of hydrogen-bond acceptors (Lipinski definition) is 3. The molecule has 4 rings (SSSR count). The second-order valence-corrected chi connectivity index (χ2v) is 9.10. The summed E-state index contributed by atoms with van der Waals surface area (Å²) in [6.45, 7) is 6.20. The second-order valence-electron chi connectivity index (χ2n) is 7.24. The summed E-state index contributed by atoms with van der Waals surface area (Å²) >= 11 is 0. The number of hydrogen-bond donors (Lipinski definition) is 0. The molecule has 26 heavy (non-hydrogen) atoms. The smallest absolute Gasteiger partial charge is 0.264 e. The molecule has 2 aliphatic rings. The van der Waals surface area contributed by atoms with E-state index in [2.05, 4.69) is 24.0 Å². The standard InChI is InChI=1S/C21H26N2O2S/c1-2-22-13-10-17(11-14-22)18-8-9-21-19(16-18)12-15-23(21)26(24,25)20-6-4-3-5-7-20/h3-9,16-17H,2,10-15H2,1H3. The Morgan fingerprint density at radius 3 is 2.42 bits per heavy atom. The molecule has 1 fully saturated rings. The molecule has 0 atom stereocenters. The monoisotopic (exact) mass is 370 g/mol. The van der Waals surface area contributed by atoms with Gasteiger partial charge in [-0.1, -0.05) is 37.3 Å². The number of sulfonamides is 1. The van der Waals surface area contributed by atoms with Crippen molar-refractivity contribution in [2.24, 2.45) is 0 Å². The molecule has 2 aliphatic heterocycles. The van der Waals surface area contributed by atoms with E-state index in [0.717, 1.165) is 31.7 Å². The summed E-state index contributed by atoms with van der Waals surface area (Å²) in [6.07, 6.45) is 3.18. The van der Waals surface area contributed by atoms with Crippen LogP contribution < -0.4 is 4.31 Å². The zero-order chi connectivity index (χ0) is 18.1. The maximum Gasteiger partial charge on any atom is 0.264 e. The fourth-order valence-corrected chi connectivity index (χ4v) is 5.72. The molecule has 0 amide bonds. The van der Waals surface area contributed by atoms with Crippen molar-refractivity contribution in [2.45, 2.75) is 37.0 Å². The van der Waals surface area contributed by atoms with Crippen molar-refractivity contribution >= 4 is 15.7 Å². The Morgan fingerprint density at radius 1 is 1.00 bits per heavy atom. The summed E-state index contributed by atoms with van der Waals surface area (Å²) in [4.78, 5) is 2.86. The number of rotatable bonds is 4. The zero-order valence-electron chi connectivity index (χ0n) is 15.3. The lowest BCUT2D eigenvalue weighted by molar-refractivity contribution is 0.222. The van der Waals surface area contributed by atoms with Gasteiger partial charge in [0.2, 0.25) is 0 Å². The molecule has 2 aromatic rings. The number of fused-ring (bicyclic) bond motifs is 1. The van der Waals surface area contributed by atoms with Gasteiger partial charge in [-0.25, -0.2) is 8.42 Å². The minimum atomic E-state index is -3.47. The molecule has 0 saturated carbocycles. The molecule has 0 bridgehead atoms. The van der Waals surface area contributed by atoms with E-state index in [1.54, 1.807) is 28.6 Å². The van der Waals surface area contributed by atoms with Gasteiger partial charge in [-0.05, 0) is 74.1 Å². The molecule has 0 spiro atoms. The van der Waals surface area contributed by atoms with Crippen LogP contribution >= 0.6 is 0 Å². The molecule has 0 aliphatic carbocycles. The van der Waals surface area contributed by atoms with Gasteiger partial charge >= 0.3 is 0 Å². The van der Waals surface area contributed by atoms with Crippen LogP contribution in [0.4, 0.5) is 5.69 Å². The Balaban J connectivity index is 1.58. The fraction of sp³-hybridized carbons (Fsp3) is 0.429. The number of likely N-dealkylation sites (tertiary alicyclic amines) is 1. The van der Waals surface area contributed by atoms with Gasteiger partial charge < -0.3 is 4.90 Å². The highest BCUT2D eigenvalue weighted by molar-refractivity contribution is 7.92. The summed E-state index contributed by atoms with van der Waals surface area (Å²) in [5.41, 5.74) is 3.39. The highest BCUT2D eigenvalue weighted by Crippen LogP contribution is 2.37. The van der Waals surface area contributed by atoms with Crippen LogP contribution in [0.5, 0.6) is 0 Å². The van der Waals surface area contributed by atoms with Crippen LogP contribution in [-0.4, -0.2) is 39.5 Å². The van der Waals surface area contributed by atoms with E-state index in [4.69, 9.17) is 0 Å². The summed E-state index contributed by atoms with van der Waals surface area (Å²) in [6, 6.07) is 15.1. The topological polar surface area (TPSA) is 40.6 Å². The highest BCUT2D eigenvalue weighted by atomic mass is 32.2. The van der Waals surface area contributed by atoms with Crippen LogP contribution in [0.1, 0.15) is 36.8 Å². The predicted molar refractivity (Wildman–Crippen MR) is 105 cm³/mol. The molecular weight excluding hydrogens is 344 g/mol. The molecular formula is C21H26N2O2S. The van der Waals surface area contributed by atoms with E-state index in [1.165, 1.54) is 24.0 Å². The minimum absolute atomic E-state index is 0.365. The summed E-state index contributed by atoms with van der Waals surface area (Å²) in [5, 5.41) is 0. The first-order chi connectivity index (χ1) is 12.6. The van der Waals surface area contributed by atoms with Gasteiger partial charge in [-0.15, -0.1) is 0 Å². The van der Waals surface area contributed by atoms with Gasteiger partial charge in [0.25, 0.3) is 10.0 Å². The van der Waals surface area contributed by atoms with E-state index < -0.39 is 10.0 Å². The number of nitrogens with zero attached hydrogens (tertiary/aromatic N) is 2. The molecule has 4 nitrogen and oxygen atoms in total. The lowest BCUT2D eigenvalue weighted by Gasteiger charge is -2.31. The molecule has 138 valence electrons. The van der Waals surface area contributed by atoms with Crippen molar-refractivity contribution in [2.75, 3.05) is 30.5 Å². The molecule has 0 radical (unpaired) electrons. The van der Waals surface area contributed by atoms with Crippen molar-refractivity contribution in [1.29, 1.82) is 0 Å². The Morgan fingerprint density at radius 2 is 1.73 bits per heavy atom. The number of benzene rings is 2.